The highest BCUT2D eigenvalue weighted by Gasteiger charge is 2.30. The molecule has 0 atom stereocenters. The maximum atomic E-state index is 13.4. The molecular weight excluding hydrogens is 601 g/mol. The lowest BCUT2D eigenvalue weighted by Crippen LogP contribution is -2.24. The molecule has 8 nitrogen and oxygen atoms in total. The van der Waals surface area contributed by atoms with E-state index in [1.54, 1.807) is 56.6 Å². The van der Waals surface area contributed by atoms with Crippen LogP contribution in [0.25, 0.3) is 11.1 Å². The summed E-state index contributed by atoms with van der Waals surface area (Å²) in [6.07, 6.45) is -3.54. The minimum Gasteiger partial charge on any atom is -0.465 e. The Hall–Kier alpha value is -5.45. The van der Waals surface area contributed by atoms with Gasteiger partial charge in [-0.3, -0.25) is 14.4 Å². The number of halogens is 3. The third kappa shape index (κ3) is 8.38. The number of alkyl halides is 3. The summed E-state index contributed by atoms with van der Waals surface area (Å²) in [6.45, 7) is 0. The Morgan fingerprint density at radius 3 is 2.13 bits per heavy atom. The molecule has 0 saturated heterocycles. The Morgan fingerprint density at radius 2 is 1.50 bits per heavy atom. The van der Waals surface area contributed by atoms with Crippen LogP contribution in [0.2, 0.25) is 0 Å². The van der Waals surface area contributed by atoms with Crippen molar-refractivity contribution in [3.63, 3.8) is 0 Å². The fraction of sp³-hybridized carbons (Fsp3) is 0.200. The molecule has 0 aliphatic rings. The summed E-state index contributed by atoms with van der Waals surface area (Å²) in [5, 5.41) is 2.78. The molecule has 0 heterocycles. The predicted molar refractivity (Wildman–Crippen MR) is 166 cm³/mol. The average Bonchev–Trinajstić information content (AvgIpc) is 3.04. The third-order valence-electron chi connectivity index (χ3n) is 7.02. The maximum absolute atomic E-state index is 13.4. The zero-order valence-corrected chi connectivity index (χ0v) is 25.3. The number of hydrogen-bond acceptors (Lipinski definition) is 6. The van der Waals surface area contributed by atoms with Crippen molar-refractivity contribution in [3.05, 3.63) is 119 Å². The van der Waals surface area contributed by atoms with E-state index in [2.05, 4.69) is 10.1 Å². The summed E-state index contributed by atoms with van der Waals surface area (Å²) in [6, 6.07) is 22.0. The van der Waals surface area contributed by atoms with E-state index in [0.29, 0.717) is 29.5 Å². The summed E-state index contributed by atoms with van der Waals surface area (Å²) in [4.78, 5) is 51.8. The van der Waals surface area contributed by atoms with Crippen molar-refractivity contribution in [2.24, 2.45) is 0 Å². The average molecular weight is 633 g/mol. The number of hydrogen-bond donors (Lipinski definition) is 1. The van der Waals surface area contributed by atoms with Gasteiger partial charge in [-0.2, -0.15) is 13.2 Å². The number of methoxy groups -OCH3 is 1. The second-order valence-electron chi connectivity index (χ2n) is 10.5. The summed E-state index contributed by atoms with van der Waals surface area (Å²) in [5.74, 6) is -1.58. The van der Waals surface area contributed by atoms with Gasteiger partial charge in [0.05, 0.1) is 29.5 Å². The maximum Gasteiger partial charge on any atom is 0.416 e. The Kier molecular flexibility index (Phi) is 10.6. The molecule has 4 aromatic rings. The van der Waals surface area contributed by atoms with Crippen LogP contribution in [0.3, 0.4) is 0 Å². The zero-order valence-electron chi connectivity index (χ0n) is 25.3. The highest BCUT2D eigenvalue weighted by Crippen LogP contribution is 2.32. The molecule has 0 aliphatic carbocycles. The second kappa shape index (κ2) is 14.6. The van der Waals surface area contributed by atoms with Gasteiger partial charge in [0.25, 0.3) is 11.8 Å². The molecule has 0 spiro atoms. The van der Waals surface area contributed by atoms with Gasteiger partial charge in [-0.25, -0.2) is 4.79 Å². The molecule has 0 aromatic heterocycles. The van der Waals surface area contributed by atoms with Crippen molar-refractivity contribution in [2.45, 2.75) is 25.4 Å². The van der Waals surface area contributed by atoms with Crippen molar-refractivity contribution < 1.29 is 41.8 Å². The molecule has 0 bridgehead atoms. The number of benzene rings is 4. The van der Waals surface area contributed by atoms with Crippen LogP contribution >= 0.6 is 0 Å². The number of nitrogens with one attached hydrogen (secondary N) is 1. The standard InChI is InChI=1S/C35H31F3N2O6/c1-40(2)33(43)29-21-22(7-6-10-31(41)46-26-18-14-24(15-19-26)34(44)45-3)11-20-30(29)39-32(42)28-9-5-4-8-27(28)23-12-16-25(17-13-23)35(36,37)38/h4-5,8-9,11-21H,6-7,10H2,1-3H3,(H,39,42). The van der Waals surface area contributed by atoms with Crippen LogP contribution in [0.5, 0.6) is 5.75 Å². The van der Waals surface area contributed by atoms with Gasteiger partial charge < -0.3 is 19.7 Å². The molecule has 1 N–H and O–H groups in total. The molecule has 4 rings (SSSR count). The fourth-order valence-electron chi connectivity index (χ4n) is 4.63. The van der Waals surface area contributed by atoms with Crippen molar-refractivity contribution in [2.75, 3.05) is 26.5 Å². The molecule has 4 aromatic carbocycles. The van der Waals surface area contributed by atoms with E-state index in [-0.39, 0.29) is 34.9 Å². The SMILES string of the molecule is COC(=O)c1ccc(OC(=O)CCCc2ccc(NC(=O)c3ccccc3-c3ccc(C(F)(F)F)cc3)c(C(=O)N(C)C)c2)cc1. The van der Waals surface area contributed by atoms with Crippen LogP contribution in [0.1, 0.15) is 55.0 Å². The van der Waals surface area contributed by atoms with Crippen molar-refractivity contribution in [3.8, 4) is 16.9 Å². The van der Waals surface area contributed by atoms with E-state index < -0.39 is 29.6 Å². The molecule has 0 aliphatic heterocycles. The van der Waals surface area contributed by atoms with E-state index in [0.717, 1.165) is 17.7 Å². The first kappa shape index (κ1) is 33.4. The number of carbonyl (C=O) groups excluding carboxylic acids is 4. The van der Waals surface area contributed by atoms with E-state index >= 15 is 0 Å². The van der Waals surface area contributed by atoms with Crippen molar-refractivity contribution >= 4 is 29.4 Å². The van der Waals surface area contributed by atoms with Crippen molar-refractivity contribution in [1.29, 1.82) is 0 Å². The molecular formula is C35H31F3N2O6. The molecule has 46 heavy (non-hydrogen) atoms. The highest BCUT2D eigenvalue weighted by molar-refractivity contribution is 6.11. The second-order valence-corrected chi connectivity index (χ2v) is 10.5. The lowest BCUT2D eigenvalue weighted by atomic mass is 9.97. The van der Waals surface area contributed by atoms with Crippen LogP contribution in [0, 0.1) is 0 Å². The minimum atomic E-state index is -4.48. The summed E-state index contributed by atoms with van der Waals surface area (Å²) < 4.78 is 49.2. The number of esters is 2. The lowest BCUT2D eigenvalue weighted by molar-refractivity contribution is -0.137. The van der Waals surface area contributed by atoms with E-state index in [9.17, 15) is 32.3 Å². The Morgan fingerprint density at radius 1 is 0.826 bits per heavy atom. The van der Waals surface area contributed by atoms with Crippen LogP contribution in [-0.2, 0) is 22.1 Å². The third-order valence-corrected chi connectivity index (χ3v) is 7.02. The number of carbonyl (C=O) groups is 4. The van der Waals surface area contributed by atoms with Crippen LogP contribution < -0.4 is 10.1 Å². The van der Waals surface area contributed by atoms with Gasteiger partial charge in [0.2, 0.25) is 0 Å². The first-order chi connectivity index (χ1) is 21.9. The first-order valence-corrected chi connectivity index (χ1v) is 14.2. The number of rotatable bonds is 10. The van der Waals surface area contributed by atoms with E-state index in [4.69, 9.17) is 4.74 Å². The number of nitrogens with zero attached hydrogens (tertiary/aromatic N) is 1. The van der Waals surface area contributed by atoms with Crippen LogP contribution in [-0.4, -0.2) is 49.9 Å². The number of aryl methyl sites for hydroxylation is 1. The Bertz CT molecular complexity index is 1730. The first-order valence-electron chi connectivity index (χ1n) is 14.2. The van der Waals surface area contributed by atoms with Gasteiger partial charge >= 0.3 is 18.1 Å². The lowest BCUT2D eigenvalue weighted by Gasteiger charge is -2.17. The van der Waals surface area contributed by atoms with Gasteiger partial charge in [0, 0.05) is 26.1 Å². The Balaban J connectivity index is 1.46. The van der Waals surface area contributed by atoms with Crippen LogP contribution in [0.15, 0.2) is 91.0 Å². The zero-order chi connectivity index (χ0) is 33.4. The van der Waals surface area contributed by atoms with Gasteiger partial charge in [-0.05, 0) is 84.1 Å². The molecule has 238 valence electrons. The smallest absolute Gasteiger partial charge is 0.416 e. The van der Waals surface area contributed by atoms with Crippen molar-refractivity contribution in [1.82, 2.24) is 4.90 Å². The number of amides is 2. The number of ether oxygens (including phenoxy) is 2. The largest absolute Gasteiger partial charge is 0.465 e. The van der Waals surface area contributed by atoms with Gasteiger partial charge in [-0.15, -0.1) is 0 Å². The molecule has 0 fully saturated rings. The molecule has 2 amide bonds. The van der Waals surface area contributed by atoms with Gasteiger partial charge in [0.15, 0.2) is 0 Å². The highest BCUT2D eigenvalue weighted by atomic mass is 19.4. The quantitative estimate of drug-likeness (QED) is 0.149. The van der Waals surface area contributed by atoms with Gasteiger partial charge in [0.1, 0.15) is 5.75 Å². The van der Waals surface area contributed by atoms with Gasteiger partial charge in [-0.1, -0.05) is 36.4 Å². The van der Waals surface area contributed by atoms with E-state index in [1.807, 2.05) is 0 Å². The molecule has 0 radical (unpaired) electrons. The normalized spacial score (nSPS) is 11.0. The van der Waals surface area contributed by atoms with E-state index in [1.165, 1.54) is 48.4 Å². The predicted octanol–water partition coefficient (Wildman–Crippen LogP) is 7.04. The summed E-state index contributed by atoms with van der Waals surface area (Å²) in [7, 11) is 4.43. The molecule has 0 saturated carbocycles. The topological polar surface area (TPSA) is 102 Å². The number of anilines is 1. The summed E-state index contributed by atoms with van der Waals surface area (Å²) >= 11 is 0. The monoisotopic (exact) mass is 632 g/mol. The molecule has 11 heteroatoms. The minimum absolute atomic E-state index is 0.0922. The fourth-order valence-corrected chi connectivity index (χ4v) is 4.63. The Labute approximate surface area is 263 Å². The summed E-state index contributed by atoms with van der Waals surface area (Å²) in [5.41, 5.74) is 1.84. The molecule has 0 unspecified atom stereocenters. The van der Waals surface area contributed by atoms with Crippen LogP contribution in [0.4, 0.5) is 18.9 Å².